The van der Waals surface area contributed by atoms with E-state index in [0.717, 1.165) is 11.1 Å². The number of carbonyl (C=O) groups excluding carboxylic acids is 2. The van der Waals surface area contributed by atoms with Crippen LogP contribution in [0.3, 0.4) is 0 Å². The van der Waals surface area contributed by atoms with Gasteiger partial charge in [0.05, 0.1) is 18.7 Å². The molecule has 6 heteroatoms. The first-order chi connectivity index (χ1) is 13.4. The van der Waals surface area contributed by atoms with Gasteiger partial charge in [-0.25, -0.2) is 9.59 Å². The topological polar surface area (TPSA) is 93.4 Å². The molecule has 0 saturated carbocycles. The van der Waals surface area contributed by atoms with Crippen molar-refractivity contribution >= 4 is 12.0 Å². The Balaban J connectivity index is 2.20. The highest BCUT2D eigenvalue weighted by atomic mass is 16.5. The van der Waals surface area contributed by atoms with E-state index in [-0.39, 0.29) is 12.5 Å². The van der Waals surface area contributed by atoms with Crippen molar-refractivity contribution < 1.29 is 14.3 Å². The molecule has 4 N–H and O–H groups in total. The SMILES string of the molecule is CCOC(=O)[C@@H](NC(=O)NC(c1ccccc1)[C@H](N)c1ccccc1)C(C)C. The molecule has 150 valence electrons. The molecule has 3 atom stereocenters. The van der Waals surface area contributed by atoms with Gasteiger partial charge in [0, 0.05) is 0 Å². The maximum atomic E-state index is 12.7. The van der Waals surface area contributed by atoms with Gasteiger partial charge in [-0.15, -0.1) is 0 Å². The molecule has 0 fully saturated rings. The molecule has 2 aromatic carbocycles. The highest BCUT2D eigenvalue weighted by Gasteiger charge is 2.28. The lowest BCUT2D eigenvalue weighted by atomic mass is 9.94. The third-order valence-corrected chi connectivity index (χ3v) is 4.48. The third kappa shape index (κ3) is 5.82. The summed E-state index contributed by atoms with van der Waals surface area (Å²) in [5, 5.41) is 5.66. The van der Waals surface area contributed by atoms with Crippen LogP contribution in [0.4, 0.5) is 4.79 Å². The zero-order valence-corrected chi connectivity index (χ0v) is 16.6. The Morgan fingerprint density at radius 1 is 0.929 bits per heavy atom. The summed E-state index contributed by atoms with van der Waals surface area (Å²) in [5.74, 6) is -0.556. The van der Waals surface area contributed by atoms with Crippen LogP contribution in [0.1, 0.15) is 44.0 Å². The summed E-state index contributed by atoms with van der Waals surface area (Å²) in [6, 6.07) is 17.0. The Morgan fingerprint density at radius 2 is 1.46 bits per heavy atom. The van der Waals surface area contributed by atoms with Crippen LogP contribution < -0.4 is 16.4 Å². The van der Waals surface area contributed by atoms with E-state index in [1.165, 1.54) is 0 Å². The van der Waals surface area contributed by atoms with E-state index in [1.807, 2.05) is 74.5 Å². The summed E-state index contributed by atoms with van der Waals surface area (Å²) in [6.45, 7) is 5.70. The Labute approximate surface area is 166 Å². The number of benzene rings is 2. The van der Waals surface area contributed by atoms with Crippen molar-refractivity contribution in [3.8, 4) is 0 Å². The van der Waals surface area contributed by atoms with Gasteiger partial charge in [0.1, 0.15) is 6.04 Å². The number of hydrogen-bond acceptors (Lipinski definition) is 4. The summed E-state index contributed by atoms with van der Waals surface area (Å²) in [7, 11) is 0. The van der Waals surface area contributed by atoms with E-state index in [9.17, 15) is 9.59 Å². The summed E-state index contributed by atoms with van der Waals surface area (Å²) in [6.07, 6.45) is 0. The van der Waals surface area contributed by atoms with Crippen LogP contribution in [0.25, 0.3) is 0 Å². The average Bonchev–Trinajstić information content (AvgIpc) is 2.71. The number of nitrogens with two attached hydrogens (primary N) is 1. The number of urea groups is 1. The smallest absolute Gasteiger partial charge is 0.328 e. The summed E-state index contributed by atoms with van der Waals surface area (Å²) in [4.78, 5) is 24.8. The van der Waals surface area contributed by atoms with Crippen molar-refractivity contribution in [2.45, 2.75) is 38.9 Å². The molecule has 6 nitrogen and oxygen atoms in total. The Hall–Kier alpha value is -2.86. The van der Waals surface area contributed by atoms with Crippen molar-refractivity contribution in [2.75, 3.05) is 6.61 Å². The standard InChI is InChI=1S/C22H29N3O3/c1-4-28-21(26)19(15(2)3)24-22(27)25-20(17-13-9-6-10-14-17)18(23)16-11-7-5-8-12-16/h5-15,18-20H,4,23H2,1-3H3,(H2,24,25,27)/t18-,19+,20?/m1/s1. The number of ether oxygens (including phenoxy) is 1. The van der Waals surface area contributed by atoms with E-state index in [2.05, 4.69) is 10.6 Å². The van der Waals surface area contributed by atoms with Crippen molar-refractivity contribution in [2.24, 2.45) is 11.7 Å². The maximum absolute atomic E-state index is 12.7. The lowest BCUT2D eigenvalue weighted by Gasteiger charge is -2.28. The first kappa shape index (κ1) is 21.4. The molecule has 0 bridgehead atoms. The number of carbonyl (C=O) groups is 2. The van der Waals surface area contributed by atoms with E-state index in [0.29, 0.717) is 0 Å². The normalized spacial score (nSPS) is 14.0. The van der Waals surface area contributed by atoms with Crippen molar-refractivity contribution in [3.63, 3.8) is 0 Å². The molecule has 0 aliphatic heterocycles. The number of amides is 2. The fourth-order valence-corrected chi connectivity index (χ4v) is 2.96. The first-order valence-corrected chi connectivity index (χ1v) is 9.53. The lowest BCUT2D eigenvalue weighted by Crippen LogP contribution is -2.51. The number of rotatable bonds is 8. The van der Waals surface area contributed by atoms with Gasteiger partial charge in [0.2, 0.25) is 0 Å². The molecule has 0 aromatic heterocycles. The number of hydrogen-bond donors (Lipinski definition) is 3. The molecule has 1 unspecified atom stereocenters. The zero-order valence-electron chi connectivity index (χ0n) is 16.6. The molecule has 0 heterocycles. The molecule has 0 saturated heterocycles. The minimum absolute atomic E-state index is 0.109. The monoisotopic (exact) mass is 383 g/mol. The van der Waals surface area contributed by atoms with Crippen LogP contribution in [-0.4, -0.2) is 24.6 Å². The van der Waals surface area contributed by atoms with Gasteiger partial charge >= 0.3 is 12.0 Å². The minimum Gasteiger partial charge on any atom is -0.464 e. The summed E-state index contributed by atoms with van der Waals surface area (Å²) >= 11 is 0. The predicted octanol–water partition coefficient (Wildman–Crippen LogP) is 3.31. The largest absolute Gasteiger partial charge is 0.464 e. The minimum atomic E-state index is -0.732. The molecule has 2 amide bonds. The van der Waals surface area contributed by atoms with Gasteiger partial charge in [-0.1, -0.05) is 74.5 Å². The molecule has 0 aliphatic carbocycles. The zero-order chi connectivity index (χ0) is 20.5. The number of nitrogens with one attached hydrogen (secondary N) is 2. The molecule has 0 spiro atoms. The molecular weight excluding hydrogens is 354 g/mol. The fraction of sp³-hybridized carbons (Fsp3) is 0.364. The van der Waals surface area contributed by atoms with E-state index < -0.39 is 30.1 Å². The Kier molecular flexibility index (Phi) is 8.02. The second-order valence-corrected chi connectivity index (χ2v) is 6.92. The highest BCUT2D eigenvalue weighted by molar-refractivity contribution is 5.84. The van der Waals surface area contributed by atoms with Gasteiger partial charge in [-0.05, 0) is 24.0 Å². The van der Waals surface area contributed by atoms with Gasteiger partial charge in [-0.2, -0.15) is 0 Å². The van der Waals surface area contributed by atoms with Crippen molar-refractivity contribution in [1.82, 2.24) is 10.6 Å². The molecule has 0 radical (unpaired) electrons. The van der Waals surface area contributed by atoms with Gasteiger partial charge < -0.3 is 21.1 Å². The molecule has 0 aliphatic rings. The second kappa shape index (κ2) is 10.5. The molecule has 28 heavy (non-hydrogen) atoms. The van der Waals surface area contributed by atoms with Crippen LogP contribution >= 0.6 is 0 Å². The first-order valence-electron chi connectivity index (χ1n) is 9.53. The second-order valence-electron chi connectivity index (χ2n) is 6.92. The highest BCUT2D eigenvalue weighted by Crippen LogP contribution is 2.26. The van der Waals surface area contributed by atoms with Gasteiger partial charge in [0.25, 0.3) is 0 Å². The summed E-state index contributed by atoms with van der Waals surface area (Å²) in [5.41, 5.74) is 8.27. The molecular formula is C22H29N3O3. The van der Waals surface area contributed by atoms with Crippen LogP contribution in [-0.2, 0) is 9.53 Å². The lowest BCUT2D eigenvalue weighted by molar-refractivity contribution is -0.146. The summed E-state index contributed by atoms with van der Waals surface area (Å²) < 4.78 is 5.07. The van der Waals surface area contributed by atoms with Crippen LogP contribution in [0.5, 0.6) is 0 Å². The fourth-order valence-electron chi connectivity index (χ4n) is 2.96. The van der Waals surface area contributed by atoms with E-state index in [4.69, 9.17) is 10.5 Å². The van der Waals surface area contributed by atoms with E-state index in [1.54, 1.807) is 6.92 Å². The van der Waals surface area contributed by atoms with Crippen LogP contribution in [0.15, 0.2) is 60.7 Å². The molecule has 2 aromatic rings. The van der Waals surface area contributed by atoms with Crippen LogP contribution in [0, 0.1) is 5.92 Å². The quantitative estimate of drug-likeness (QED) is 0.610. The van der Waals surface area contributed by atoms with Crippen LogP contribution in [0.2, 0.25) is 0 Å². The third-order valence-electron chi connectivity index (χ3n) is 4.48. The Morgan fingerprint density at radius 3 is 1.96 bits per heavy atom. The Bertz CT molecular complexity index is 750. The average molecular weight is 383 g/mol. The number of esters is 1. The van der Waals surface area contributed by atoms with E-state index >= 15 is 0 Å². The van der Waals surface area contributed by atoms with Gasteiger partial charge in [0.15, 0.2) is 0 Å². The molecule has 2 rings (SSSR count). The predicted molar refractivity (Wildman–Crippen MR) is 109 cm³/mol. The van der Waals surface area contributed by atoms with Crippen molar-refractivity contribution in [3.05, 3.63) is 71.8 Å². The van der Waals surface area contributed by atoms with Gasteiger partial charge in [-0.3, -0.25) is 0 Å². The maximum Gasteiger partial charge on any atom is 0.328 e. The van der Waals surface area contributed by atoms with Crippen molar-refractivity contribution in [1.29, 1.82) is 0 Å².